The van der Waals surface area contributed by atoms with Crippen molar-refractivity contribution in [3.63, 3.8) is 0 Å². The summed E-state index contributed by atoms with van der Waals surface area (Å²) >= 11 is 5.93. The highest BCUT2D eigenvalue weighted by Crippen LogP contribution is 2.27. The summed E-state index contributed by atoms with van der Waals surface area (Å²) in [6.07, 6.45) is -0.547. The molecule has 0 aliphatic heterocycles. The molecule has 0 spiro atoms. The summed E-state index contributed by atoms with van der Waals surface area (Å²) in [4.78, 5) is 0. The summed E-state index contributed by atoms with van der Waals surface area (Å²) in [5.74, 6) is 0.709. The summed E-state index contributed by atoms with van der Waals surface area (Å²) in [5, 5.41) is 10.5. The molecule has 0 aliphatic carbocycles. The Balaban J connectivity index is 2.15. The maximum Gasteiger partial charge on any atom is 0.125 e. The Bertz CT molecular complexity index is 564. The van der Waals surface area contributed by atoms with Crippen LogP contribution in [0.4, 0.5) is 0 Å². The van der Waals surface area contributed by atoms with Crippen molar-refractivity contribution in [2.75, 3.05) is 0 Å². The lowest BCUT2D eigenvalue weighted by atomic mass is 10.1. The van der Waals surface area contributed by atoms with Gasteiger partial charge in [-0.1, -0.05) is 35.4 Å². The second kappa shape index (κ2) is 6.09. The average molecular weight is 277 g/mol. The molecule has 1 atom stereocenters. The van der Waals surface area contributed by atoms with Gasteiger partial charge >= 0.3 is 0 Å². The Labute approximate surface area is 118 Å². The zero-order valence-electron chi connectivity index (χ0n) is 11.1. The first-order chi connectivity index (χ1) is 9.06. The molecule has 0 radical (unpaired) electrons. The fourth-order valence-electron chi connectivity index (χ4n) is 1.91. The van der Waals surface area contributed by atoms with E-state index < -0.39 is 6.10 Å². The molecular formula is C16H17ClO2. The summed E-state index contributed by atoms with van der Waals surface area (Å²) < 4.78 is 5.78. The van der Waals surface area contributed by atoms with E-state index in [4.69, 9.17) is 16.3 Å². The largest absolute Gasteiger partial charge is 0.489 e. The molecule has 19 heavy (non-hydrogen) atoms. The van der Waals surface area contributed by atoms with E-state index in [0.29, 0.717) is 17.4 Å². The highest BCUT2D eigenvalue weighted by atomic mass is 35.5. The number of aryl methyl sites for hydroxylation is 1. The van der Waals surface area contributed by atoms with Gasteiger partial charge in [-0.2, -0.15) is 0 Å². The average Bonchev–Trinajstić information content (AvgIpc) is 2.37. The number of rotatable bonds is 4. The zero-order chi connectivity index (χ0) is 13.8. The topological polar surface area (TPSA) is 29.5 Å². The van der Waals surface area contributed by atoms with Gasteiger partial charge in [-0.15, -0.1) is 0 Å². The Hall–Kier alpha value is -1.51. The van der Waals surface area contributed by atoms with Crippen molar-refractivity contribution in [1.29, 1.82) is 0 Å². The lowest BCUT2D eigenvalue weighted by Crippen LogP contribution is -2.01. The van der Waals surface area contributed by atoms with Crippen molar-refractivity contribution in [2.24, 2.45) is 0 Å². The second-order valence-electron chi connectivity index (χ2n) is 4.64. The van der Waals surface area contributed by atoms with Gasteiger partial charge in [-0.3, -0.25) is 0 Å². The van der Waals surface area contributed by atoms with E-state index in [2.05, 4.69) is 0 Å². The van der Waals surface area contributed by atoms with Crippen molar-refractivity contribution >= 4 is 11.6 Å². The standard InChI is InChI=1S/C16H17ClO2/c1-11-6-7-16(15(8-11)12(2)18)19-10-13-4-3-5-14(17)9-13/h3-9,12,18H,10H2,1-2H3/t12-/m1/s1. The van der Waals surface area contributed by atoms with Crippen molar-refractivity contribution in [3.8, 4) is 5.75 Å². The van der Waals surface area contributed by atoms with Crippen LogP contribution in [0.2, 0.25) is 5.02 Å². The van der Waals surface area contributed by atoms with Crippen LogP contribution >= 0.6 is 11.6 Å². The van der Waals surface area contributed by atoms with Crippen molar-refractivity contribution in [2.45, 2.75) is 26.6 Å². The SMILES string of the molecule is Cc1ccc(OCc2cccc(Cl)c2)c([C@@H](C)O)c1. The maximum absolute atomic E-state index is 9.77. The first-order valence-corrected chi connectivity index (χ1v) is 6.60. The number of aliphatic hydroxyl groups is 1. The third-order valence-electron chi connectivity index (χ3n) is 2.90. The fraction of sp³-hybridized carbons (Fsp3) is 0.250. The molecule has 1 N–H and O–H groups in total. The van der Waals surface area contributed by atoms with Gasteiger partial charge in [0, 0.05) is 10.6 Å². The summed E-state index contributed by atoms with van der Waals surface area (Å²) in [7, 11) is 0. The molecule has 2 aromatic carbocycles. The van der Waals surface area contributed by atoms with E-state index in [1.807, 2.05) is 49.4 Å². The number of ether oxygens (including phenoxy) is 1. The molecule has 0 saturated heterocycles. The summed E-state index contributed by atoms with van der Waals surface area (Å²) in [6.45, 7) is 4.16. The van der Waals surface area contributed by atoms with E-state index in [-0.39, 0.29) is 0 Å². The molecule has 2 nitrogen and oxygen atoms in total. The lowest BCUT2D eigenvalue weighted by Gasteiger charge is -2.14. The van der Waals surface area contributed by atoms with Gasteiger partial charge in [0.15, 0.2) is 0 Å². The molecule has 2 aromatic rings. The zero-order valence-corrected chi connectivity index (χ0v) is 11.8. The van der Waals surface area contributed by atoms with Crippen molar-refractivity contribution in [1.82, 2.24) is 0 Å². The number of hydrogen-bond donors (Lipinski definition) is 1. The molecule has 0 fully saturated rings. The van der Waals surface area contributed by atoms with Crippen LogP contribution in [-0.4, -0.2) is 5.11 Å². The number of aliphatic hydroxyl groups excluding tert-OH is 1. The summed E-state index contributed by atoms with van der Waals surface area (Å²) in [5.41, 5.74) is 2.91. The monoisotopic (exact) mass is 276 g/mol. The highest BCUT2D eigenvalue weighted by molar-refractivity contribution is 6.30. The Morgan fingerprint density at radius 1 is 1.21 bits per heavy atom. The minimum Gasteiger partial charge on any atom is -0.489 e. The maximum atomic E-state index is 9.77. The van der Waals surface area contributed by atoms with Crippen molar-refractivity contribution in [3.05, 3.63) is 64.2 Å². The van der Waals surface area contributed by atoms with Gasteiger partial charge in [0.25, 0.3) is 0 Å². The number of benzene rings is 2. The predicted octanol–water partition coefficient (Wildman–Crippen LogP) is 4.28. The van der Waals surface area contributed by atoms with Gasteiger partial charge in [-0.05, 0) is 43.7 Å². The lowest BCUT2D eigenvalue weighted by molar-refractivity contribution is 0.190. The molecule has 0 bridgehead atoms. The van der Waals surface area contributed by atoms with Gasteiger partial charge in [0.05, 0.1) is 6.10 Å². The molecule has 0 aromatic heterocycles. The molecule has 0 heterocycles. The van der Waals surface area contributed by atoms with E-state index >= 15 is 0 Å². The Morgan fingerprint density at radius 3 is 2.68 bits per heavy atom. The minimum atomic E-state index is -0.547. The smallest absolute Gasteiger partial charge is 0.125 e. The van der Waals surface area contributed by atoms with Crippen molar-refractivity contribution < 1.29 is 9.84 Å². The van der Waals surface area contributed by atoms with Crippen LogP contribution < -0.4 is 4.74 Å². The highest BCUT2D eigenvalue weighted by Gasteiger charge is 2.09. The Morgan fingerprint density at radius 2 is 2.00 bits per heavy atom. The van der Waals surface area contributed by atoms with Gasteiger partial charge < -0.3 is 9.84 Å². The van der Waals surface area contributed by atoms with Gasteiger partial charge in [0.1, 0.15) is 12.4 Å². The van der Waals surface area contributed by atoms with E-state index in [0.717, 1.165) is 16.7 Å². The first-order valence-electron chi connectivity index (χ1n) is 6.22. The third kappa shape index (κ3) is 3.72. The molecule has 0 saturated carbocycles. The minimum absolute atomic E-state index is 0.434. The van der Waals surface area contributed by atoms with Crippen LogP contribution in [0, 0.1) is 6.92 Å². The van der Waals surface area contributed by atoms with Gasteiger partial charge in [0.2, 0.25) is 0 Å². The fourth-order valence-corrected chi connectivity index (χ4v) is 2.13. The molecular weight excluding hydrogens is 260 g/mol. The molecule has 3 heteroatoms. The molecule has 2 rings (SSSR count). The molecule has 0 aliphatic rings. The Kier molecular flexibility index (Phi) is 4.46. The summed E-state index contributed by atoms with van der Waals surface area (Å²) in [6, 6.07) is 13.4. The number of halogens is 1. The van der Waals surface area contributed by atoms with Crippen LogP contribution in [0.5, 0.6) is 5.75 Å². The molecule has 0 unspecified atom stereocenters. The van der Waals surface area contributed by atoms with Crippen LogP contribution in [0.25, 0.3) is 0 Å². The third-order valence-corrected chi connectivity index (χ3v) is 3.13. The normalized spacial score (nSPS) is 12.2. The van der Waals surface area contributed by atoms with Gasteiger partial charge in [-0.25, -0.2) is 0 Å². The van der Waals surface area contributed by atoms with E-state index in [9.17, 15) is 5.11 Å². The van der Waals surface area contributed by atoms with Crippen LogP contribution in [0.15, 0.2) is 42.5 Å². The second-order valence-corrected chi connectivity index (χ2v) is 5.07. The van der Waals surface area contributed by atoms with E-state index in [1.54, 1.807) is 6.92 Å². The number of hydrogen-bond acceptors (Lipinski definition) is 2. The first kappa shape index (κ1) is 13.9. The molecule has 0 amide bonds. The van der Waals surface area contributed by atoms with Crippen LogP contribution in [0.1, 0.15) is 29.7 Å². The van der Waals surface area contributed by atoms with E-state index in [1.165, 1.54) is 0 Å². The molecule has 100 valence electrons. The van der Waals surface area contributed by atoms with Crippen LogP contribution in [-0.2, 0) is 6.61 Å². The predicted molar refractivity (Wildman–Crippen MR) is 77.6 cm³/mol. The van der Waals surface area contributed by atoms with Crippen LogP contribution in [0.3, 0.4) is 0 Å². The quantitative estimate of drug-likeness (QED) is 0.903.